The predicted molar refractivity (Wildman–Crippen MR) is 103 cm³/mol. The fourth-order valence-electron chi connectivity index (χ4n) is 2.65. The van der Waals surface area contributed by atoms with Crippen molar-refractivity contribution in [3.8, 4) is 0 Å². The molecule has 3 aromatic rings. The molecule has 6 heteroatoms. The fourth-order valence-corrected chi connectivity index (χ4v) is 2.65. The maximum atomic E-state index is 13.6. The Bertz CT molecular complexity index is 912. The second-order valence-corrected chi connectivity index (χ2v) is 6.23. The van der Waals surface area contributed by atoms with Gasteiger partial charge in [0.25, 0.3) is 5.91 Å². The number of hydrogen-bond acceptors (Lipinski definition) is 4. The van der Waals surface area contributed by atoms with Gasteiger partial charge < -0.3 is 10.6 Å². The van der Waals surface area contributed by atoms with Gasteiger partial charge in [-0.05, 0) is 30.5 Å². The molecule has 0 fully saturated rings. The summed E-state index contributed by atoms with van der Waals surface area (Å²) in [6.07, 6.45) is 3.38. The molecule has 0 unspecified atom stereocenters. The van der Waals surface area contributed by atoms with Gasteiger partial charge >= 0.3 is 0 Å². The highest BCUT2D eigenvalue weighted by Gasteiger charge is 2.08. The molecule has 0 saturated heterocycles. The van der Waals surface area contributed by atoms with E-state index in [1.54, 1.807) is 18.2 Å². The summed E-state index contributed by atoms with van der Waals surface area (Å²) in [5, 5.41) is 5.91. The second kappa shape index (κ2) is 8.89. The van der Waals surface area contributed by atoms with Gasteiger partial charge in [0, 0.05) is 13.1 Å². The SMILES string of the molecule is Cc1cccc(CNc2cnc(C(=O)NCCc3ccccc3F)cn2)c1. The van der Waals surface area contributed by atoms with Gasteiger partial charge in [0.05, 0.1) is 12.4 Å². The van der Waals surface area contributed by atoms with Gasteiger partial charge in [-0.3, -0.25) is 4.79 Å². The van der Waals surface area contributed by atoms with Crippen LogP contribution in [-0.4, -0.2) is 22.4 Å². The van der Waals surface area contributed by atoms with E-state index >= 15 is 0 Å². The van der Waals surface area contributed by atoms with Gasteiger partial charge in [-0.25, -0.2) is 14.4 Å². The van der Waals surface area contributed by atoms with Crippen molar-refractivity contribution < 1.29 is 9.18 Å². The van der Waals surface area contributed by atoms with E-state index in [0.717, 1.165) is 5.56 Å². The van der Waals surface area contributed by atoms with Crippen molar-refractivity contribution in [2.45, 2.75) is 19.9 Å². The van der Waals surface area contributed by atoms with E-state index in [1.165, 1.54) is 24.0 Å². The monoisotopic (exact) mass is 364 g/mol. The van der Waals surface area contributed by atoms with Crippen LogP contribution in [-0.2, 0) is 13.0 Å². The summed E-state index contributed by atoms with van der Waals surface area (Å²) in [5.41, 5.74) is 3.14. The molecule has 5 nitrogen and oxygen atoms in total. The number of carbonyl (C=O) groups is 1. The van der Waals surface area contributed by atoms with Crippen LogP contribution in [0.3, 0.4) is 0 Å². The Balaban J connectivity index is 1.49. The molecule has 0 aliphatic carbocycles. The van der Waals surface area contributed by atoms with E-state index in [2.05, 4.69) is 26.7 Å². The first-order valence-electron chi connectivity index (χ1n) is 8.75. The average molecular weight is 364 g/mol. The van der Waals surface area contributed by atoms with Crippen LogP contribution in [0.2, 0.25) is 0 Å². The Labute approximate surface area is 157 Å². The van der Waals surface area contributed by atoms with Crippen LogP contribution in [0.5, 0.6) is 0 Å². The zero-order chi connectivity index (χ0) is 19.1. The molecule has 3 rings (SSSR count). The second-order valence-electron chi connectivity index (χ2n) is 6.23. The van der Waals surface area contributed by atoms with Crippen molar-refractivity contribution in [2.75, 3.05) is 11.9 Å². The molecule has 0 atom stereocenters. The number of rotatable bonds is 7. The van der Waals surface area contributed by atoms with Crippen molar-refractivity contribution in [3.63, 3.8) is 0 Å². The zero-order valence-electron chi connectivity index (χ0n) is 15.1. The minimum atomic E-state index is -0.330. The first-order valence-corrected chi connectivity index (χ1v) is 8.75. The van der Waals surface area contributed by atoms with E-state index in [1.807, 2.05) is 25.1 Å². The molecule has 2 N–H and O–H groups in total. The summed E-state index contributed by atoms with van der Waals surface area (Å²) in [4.78, 5) is 20.5. The molecule has 27 heavy (non-hydrogen) atoms. The largest absolute Gasteiger partial charge is 0.365 e. The van der Waals surface area contributed by atoms with E-state index in [0.29, 0.717) is 30.9 Å². The van der Waals surface area contributed by atoms with E-state index in [9.17, 15) is 9.18 Å². The number of amides is 1. The van der Waals surface area contributed by atoms with Crippen LogP contribution in [0.15, 0.2) is 60.9 Å². The summed E-state index contributed by atoms with van der Waals surface area (Å²) in [6, 6.07) is 14.7. The number of nitrogens with one attached hydrogen (secondary N) is 2. The number of nitrogens with zero attached hydrogens (tertiary/aromatic N) is 2. The first-order chi connectivity index (χ1) is 13.1. The molecule has 1 heterocycles. The van der Waals surface area contributed by atoms with Gasteiger partial charge in [0.2, 0.25) is 0 Å². The maximum Gasteiger partial charge on any atom is 0.271 e. The molecule has 0 aliphatic heterocycles. The van der Waals surface area contributed by atoms with Crippen molar-refractivity contribution in [1.82, 2.24) is 15.3 Å². The highest BCUT2D eigenvalue weighted by molar-refractivity contribution is 5.91. The summed E-state index contributed by atoms with van der Waals surface area (Å²) in [6.45, 7) is 3.00. The molecule has 2 aromatic carbocycles. The lowest BCUT2D eigenvalue weighted by Gasteiger charge is -2.08. The summed E-state index contributed by atoms with van der Waals surface area (Å²) in [7, 11) is 0. The number of aryl methyl sites for hydroxylation is 1. The number of anilines is 1. The zero-order valence-corrected chi connectivity index (χ0v) is 15.1. The molecule has 0 spiro atoms. The standard InChI is InChI=1S/C21H21FN4O/c1-15-5-4-6-16(11-15)12-25-20-14-24-19(13-26-20)21(27)23-10-9-17-7-2-3-8-18(17)22/h2-8,11,13-14H,9-10,12H2,1H3,(H,23,27)(H,25,26). The lowest BCUT2D eigenvalue weighted by molar-refractivity contribution is 0.0948. The minimum Gasteiger partial charge on any atom is -0.365 e. The van der Waals surface area contributed by atoms with Gasteiger partial charge in [0.15, 0.2) is 0 Å². The normalized spacial score (nSPS) is 10.4. The molecule has 0 aliphatic rings. The van der Waals surface area contributed by atoms with Crippen molar-refractivity contribution >= 4 is 11.7 Å². The maximum absolute atomic E-state index is 13.6. The van der Waals surface area contributed by atoms with Crippen LogP contribution in [0.4, 0.5) is 10.2 Å². The van der Waals surface area contributed by atoms with Gasteiger partial charge in [-0.15, -0.1) is 0 Å². The van der Waals surface area contributed by atoms with Crippen LogP contribution in [0, 0.1) is 12.7 Å². The lowest BCUT2D eigenvalue weighted by atomic mass is 10.1. The Kier molecular flexibility index (Phi) is 6.10. The first kappa shape index (κ1) is 18.5. The predicted octanol–water partition coefficient (Wildman–Crippen LogP) is 3.51. The summed E-state index contributed by atoms with van der Waals surface area (Å²) in [5.74, 6) is -0.000867. The van der Waals surface area contributed by atoms with E-state index in [-0.39, 0.29) is 17.4 Å². The molecule has 0 radical (unpaired) electrons. The smallest absolute Gasteiger partial charge is 0.271 e. The third kappa shape index (κ3) is 5.34. The Morgan fingerprint density at radius 2 is 1.93 bits per heavy atom. The lowest BCUT2D eigenvalue weighted by Crippen LogP contribution is -2.27. The topological polar surface area (TPSA) is 66.9 Å². The fraction of sp³-hybridized carbons (Fsp3) is 0.190. The van der Waals surface area contributed by atoms with Crippen LogP contribution >= 0.6 is 0 Å². The molecule has 1 aromatic heterocycles. The number of carbonyl (C=O) groups excluding carboxylic acids is 1. The van der Waals surface area contributed by atoms with Gasteiger partial charge in [-0.1, -0.05) is 48.0 Å². The van der Waals surface area contributed by atoms with Crippen LogP contribution < -0.4 is 10.6 Å². The number of halogens is 1. The van der Waals surface area contributed by atoms with E-state index in [4.69, 9.17) is 0 Å². The van der Waals surface area contributed by atoms with Crippen molar-refractivity contribution in [3.05, 3.63) is 89.1 Å². The van der Waals surface area contributed by atoms with Crippen molar-refractivity contribution in [1.29, 1.82) is 0 Å². The highest BCUT2D eigenvalue weighted by Crippen LogP contribution is 2.08. The van der Waals surface area contributed by atoms with Crippen molar-refractivity contribution in [2.24, 2.45) is 0 Å². The van der Waals surface area contributed by atoms with Crippen LogP contribution in [0.1, 0.15) is 27.2 Å². The number of aromatic nitrogens is 2. The minimum absolute atomic E-state index is 0.227. The average Bonchev–Trinajstić information content (AvgIpc) is 2.68. The molecular formula is C21H21FN4O. The molecule has 0 bridgehead atoms. The third-order valence-corrected chi connectivity index (χ3v) is 4.08. The molecule has 1 amide bonds. The summed E-state index contributed by atoms with van der Waals surface area (Å²) < 4.78 is 13.6. The molecular weight excluding hydrogens is 343 g/mol. The Hall–Kier alpha value is -3.28. The molecule has 138 valence electrons. The number of benzene rings is 2. The molecule has 0 saturated carbocycles. The Morgan fingerprint density at radius 1 is 1.07 bits per heavy atom. The number of hydrogen-bond donors (Lipinski definition) is 2. The quantitative estimate of drug-likeness (QED) is 0.673. The van der Waals surface area contributed by atoms with Crippen LogP contribution in [0.25, 0.3) is 0 Å². The summed E-state index contributed by atoms with van der Waals surface area (Å²) >= 11 is 0. The highest BCUT2D eigenvalue weighted by atomic mass is 19.1. The Morgan fingerprint density at radius 3 is 2.67 bits per heavy atom. The van der Waals surface area contributed by atoms with Gasteiger partial charge in [0.1, 0.15) is 17.3 Å². The van der Waals surface area contributed by atoms with E-state index < -0.39 is 0 Å². The van der Waals surface area contributed by atoms with Gasteiger partial charge in [-0.2, -0.15) is 0 Å². The third-order valence-electron chi connectivity index (χ3n) is 4.08.